The summed E-state index contributed by atoms with van der Waals surface area (Å²) in [6, 6.07) is 14.2. The molecule has 0 fully saturated rings. The summed E-state index contributed by atoms with van der Waals surface area (Å²) in [5.41, 5.74) is 3.52. The first-order chi connectivity index (χ1) is 9.15. The van der Waals surface area contributed by atoms with Crippen molar-refractivity contribution in [3.63, 3.8) is 0 Å². The van der Waals surface area contributed by atoms with E-state index in [1.807, 2.05) is 25.2 Å². The van der Waals surface area contributed by atoms with Crippen LogP contribution in [0.5, 0.6) is 0 Å². The van der Waals surface area contributed by atoms with Gasteiger partial charge in [0.05, 0.1) is 6.04 Å². The van der Waals surface area contributed by atoms with Crippen LogP contribution in [0.4, 0.5) is 0 Å². The molecule has 0 aliphatic heterocycles. The fourth-order valence-corrected chi connectivity index (χ4v) is 2.64. The van der Waals surface area contributed by atoms with Gasteiger partial charge in [-0.25, -0.2) is 0 Å². The molecule has 2 aromatic carbocycles. The Morgan fingerprint density at radius 1 is 1.11 bits per heavy atom. The first-order valence-electron chi connectivity index (χ1n) is 6.36. The quantitative estimate of drug-likeness (QED) is 0.848. The molecule has 1 nitrogen and oxygen atoms in total. The van der Waals surface area contributed by atoms with Crippen molar-refractivity contribution in [2.75, 3.05) is 7.05 Å². The van der Waals surface area contributed by atoms with Gasteiger partial charge in [-0.2, -0.15) is 0 Å². The van der Waals surface area contributed by atoms with E-state index >= 15 is 0 Å². The average Bonchev–Trinajstić information content (AvgIpc) is 2.44. The van der Waals surface area contributed by atoms with Crippen LogP contribution < -0.4 is 5.32 Å². The lowest BCUT2D eigenvalue weighted by Crippen LogP contribution is -2.18. The summed E-state index contributed by atoms with van der Waals surface area (Å²) in [6.45, 7) is 2.15. The first kappa shape index (κ1) is 14.4. The third-order valence-corrected chi connectivity index (χ3v) is 3.83. The third kappa shape index (κ3) is 3.30. The smallest absolute Gasteiger partial charge is 0.0589 e. The van der Waals surface area contributed by atoms with Gasteiger partial charge in [0.1, 0.15) is 0 Å². The van der Waals surface area contributed by atoms with Crippen molar-refractivity contribution in [3.05, 3.63) is 69.2 Å². The Hall–Kier alpha value is -1.02. The molecule has 3 heteroatoms. The van der Waals surface area contributed by atoms with Crippen molar-refractivity contribution in [2.24, 2.45) is 0 Å². The van der Waals surface area contributed by atoms with Gasteiger partial charge in [0.2, 0.25) is 0 Å². The van der Waals surface area contributed by atoms with Crippen LogP contribution in [0.15, 0.2) is 42.5 Å². The normalized spacial score (nSPS) is 12.4. The third-order valence-electron chi connectivity index (χ3n) is 3.25. The van der Waals surface area contributed by atoms with Crippen LogP contribution in [0.25, 0.3) is 0 Å². The Morgan fingerprint density at radius 2 is 1.89 bits per heavy atom. The molecule has 0 amide bonds. The van der Waals surface area contributed by atoms with Crippen molar-refractivity contribution in [1.29, 1.82) is 0 Å². The predicted octanol–water partition coefficient (Wildman–Crippen LogP) is 4.86. The predicted molar refractivity (Wildman–Crippen MR) is 83.2 cm³/mol. The number of halogens is 2. The van der Waals surface area contributed by atoms with Crippen molar-refractivity contribution in [3.8, 4) is 0 Å². The number of hydrogen-bond donors (Lipinski definition) is 1. The summed E-state index contributed by atoms with van der Waals surface area (Å²) >= 11 is 12.4. The van der Waals surface area contributed by atoms with Crippen LogP contribution >= 0.6 is 23.2 Å². The van der Waals surface area contributed by atoms with Gasteiger partial charge in [-0.15, -0.1) is 0 Å². The van der Waals surface area contributed by atoms with Crippen LogP contribution in [-0.4, -0.2) is 7.05 Å². The zero-order valence-electron chi connectivity index (χ0n) is 11.1. The van der Waals surface area contributed by atoms with E-state index in [9.17, 15) is 0 Å². The highest BCUT2D eigenvalue weighted by Gasteiger charge is 2.15. The van der Waals surface area contributed by atoms with E-state index in [0.717, 1.165) is 17.0 Å². The topological polar surface area (TPSA) is 12.0 Å². The largest absolute Gasteiger partial charge is 0.309 e. The Bertz CT molecular complexity index is 566. The second-order valence-corrected chi connectivity index (χ2v) is 5.33. The molecule has 2 aromatic rings. The minimum Gasteiger partial charge on any atom is -0.309 e. The fraction of sp³-hybridized carbons (Fsp3) is 0.250. The van der Waals surface area contributed by atoms with E-state index in [1.54, 1.807) is 0 Å². The molecule has 100 valence electrons. The molecule has 1 atom stereocenters. The van der Waals surface area contributed by atoms with E-state index in [2.05, 4.69) is 36.5 Å². The lowest BCUT2D eigenvalue weighted by molar-refractivity contribution is 0.691. The van der Waals surface area contributed by atoms with Gasteiger partial charge in [0, 0.05) is 10.0 Å². The molecule has 0 radical (unpaired) electrons. The monoisotopic (exact) mass is 293 g/mol. The van der Waals surface area contributed by atoms with Gasteiger partial charge in [0.15, 0.2) is 0 Å². The second kappa shape index (κ2) is 6.42. The highest BCUT2D eigenvalue weighted by Crippen LogP contribution is 2.30. The molecular formula is C16H17Cl2N. The molecule has 0 aromatic heterocycles. The Labute approximate surface area is 124 Å². The van der Waals surface area contributed by atoms with E-state index in [4.69, 9.17) is 23.2 Å². The maximum absolute atomic E-state index is 6.29. The van der Waals surface area contributed by atoms with E-state index < -0.39 is 0 Å². The fourth-order valence-electron chi connectivity index (χ4n) is 2.23. The molecule has 0 aliphatic rings. The molecule has 1 unspecified atom stereocenters. The summed E-state index contributed by atoms with van der Waals surface area (Å²) in [7, 11) is 1.93. The molecule has 0 saturated carbocycles. The Kier molecular flexibility index (Phi) is 4.87. The van der Waals surface area contributed by atoms with Crippen LogP contribution in [0.2, 0.25) is 10.0 Å². The van der Waals surface area contributed by atoms with Gasteiger partial charge in [-0.05, 0) is 48.4 Å². The van der Waals surface area contributed by atoms with E-state index in [-0.39, 0.29) is 6.04 Å². The lowest BCUT2D eigenvalue weighted by Gasteiger charge is -2.19. The van der Waals surface area contributed by atoms with Gasteiger partial charge in [0.25, 0.3) is 0 Å². The van der Waals surface area contributed by atoms with Gasteiger partial charge in [-0.1, -0.05) is 54.4 Å². The SMILES string of the molecule is CCc1cccc(C(NC)c2cc(Cl)ccc2Cl)c1. The second-order valence-electron chi connectivity index (χ2n) is 4.49. The number of rotatable bonds is 4. The highest BCUT2D eigenvalue weighted by molar-refractivity contribution is 6.33. The molecule has 0 saturated heterocycles. The molecule has 0 spiro atoms. The Balaban J connectivity index is 2.46. The summed E-state index contributed by atoms with van der Waals surface area (Å²) in [6.07, 6.45) is 1.02. The number of hydrogen-bond acceptors (Lipinski definition) is 1. The van der Waals surface area contributed by atoms with Crippen LogP contribution in [0.1, 0.15) is 29.7 Å². The summed E-state index contributed by atoms with van der Waals surface area (Å²) in [5, 5.41) is 4.74. The zero-order valence-corrected chi connectivity index (χ0v) is 12.6. The van der Waals surface area contributed by atoms with Crippen molar-refractivity contribution in [1.82, 2.24) is 5.32 Å². The van der Waals surface area contributed by atoms with E-state index in [0.29, 0.717) is 5.02 Å². The molecule has 19 heavy (non-hydrogen) atoms. The number of benzene rings is 2. The highest BCUT2D eigenvalue weighted by atomic mass is 35.5. The van der Waals surface area contributed by atoms with Crippen LogP contribution in [0.3, 0.4) is 0 Å². The zero-order chi connectivity index (χ0) is 13.8. The van der Waals surface area contributed by atoms with Gasteiger partial charge < -0.3 is 5.32 Å². The Morgan fingerprint density at radius 3 is 2.58 bits per heavy atom. The molecule has 2 rings (SSSR count). The van der Waals surface area contributed by atoms with Crippen molar-refractivity contribution < 1.29 is 0 Å². The summed E-state index contributed by atoms with van der Waals surface area (Å²) < 4.78 is 0. The van der Waals surface area contributed by atoms with Crippen molar-refractivity contribution in [2.45, 2.75) is 19.4 Å². The van der Waals surface area contributed by atoms with Gasteiger partial charge in [-0.3, -0.25) is 0 Å². The lowest BCUT2D eigenvalue weighted by atomic mass is 9.96. The number of aryl methyl sites for hydroxylation is 1. The molecule has 0 aliphatic carbocycles. The maximum Gasteiger partial charge on any atom is 0.0589 e. The van der Waals surface area contributed by atoms with Crippen LogP contribution in [0, 0.1) is 0 Å². The van der Waals surface area contributed by atoms with Crippen molar-refractivity contribution >= 4 is 23.2 Å². The minimum atomic E-state index is 0.0534. The average molecular weight is 294 g/mol. The number of nitrogens with one attached hydrogen (secondary N) is 1. The molecule has 0 heterocycles. The van der Waals surface area contributed by atoms with E-state index in [1.165, 1.54) is 11.1 Å². The molecular weight excluding hydrogens is 277 g/mol. The standard InChI is InChI=1S/C16H17Cl2N/c1-3-11-5-4-6-12(9-11)16(19-2)14-10-13(17)7-8-15(14)18/h4-10,16,19H,3H2,1-2H3. The molecule has 1 N–H and O–H groups in total. The maximum atomic E-state index is 6.29. The summed E-state index contributed by atoms with van der Waals surface area (Å²) in [5.74, 6) is 0. The van der Waals surface area contributed by atoms with Gasteiger partial charge >= 0.3 is 0 Å². The first-order valence-corrected chi connectivity index (χ1v) is 7.12. The minimum absolute atomic E-state index is 0.0534. The van der Waals surface area contributed by atoms with Crippen LogP contribution in [-0.2, 0) is 6.42 Å². The summed E-state index contributed by atoms with van der Waals surface area (Å²) in [4.78, 5) is 0. The molecule has 0 bridgehead atoms.